The van der Waals surface area contributed by atoms with Gasteiger partial charge in [0.2, 0.25) is 0 Å². The van der Waals surface area contributed by atoms with Crippen molar-refractivity contribution >= 4 is 16.7 Å². The molecule has 18 heavy (non-hydrogen) atoms. The van der Waals surface area contributed by atoms with Crippen molar-refractivity contribution < 1.29 is 9.90 Å². The fourth-order valence-corrected chi connectivity index (χ4v) is 2.85. The molecule has 0 saturated heterocycles. The van der Waals surface area contributed by atoms with E-state index < -0.39 is 5.97 Å². The molecule has 0 spiro atoms. The molecule has 0 radical (unpaired) electrons. The van der Waals surface area contributed by atoms with E-state index in [9.17, 15) is 4.79 Å². The van der Waals surface area contributed by atoms with Crippen molar-refractivity contribution in [1.82, 2.24) is 4.98 Å². The number of carboxylic acid groups (broad SMARTS) is 1. The van der Waals surface area contributed by atoms with Crippen molar-refractivity contribution in [2.75, 3.05) is 0 Å². The Balaban J connectivity index is 2.22. The van der Waals surface area contributed by atoms with Crippen molar-refractivity contribution in [1.29, 1.82) is 0 Å². The molecule has 0 bridgehead atoms. The molecule has 3 heteroatoms. The molecule has 1 fully saturated rings. The molecule has 3 nitrogen and oxygen atoms in total. The van der Waals surface area contributed by atoms with E-state index in [0.717, 1.165) is 29.3 Å². The first-order valence-corrected chi connectivity index (χ1v) is 6.38. The Morgan fingerprint density at radius 3 is 2.67 bits per heavy atom. The normalized spacial score (nSPS) is 16.2. The standard InChI is InChI=1S/C15H15NO2/c17-15(18)13-9-11-7-3-4-8-12(11)14(16-13)10-5-1-2-6-10/h3-4,7-10H,1-2,5-6H2,(H,17,18). The number of rotatable bonds is 2. The van der Waals surface area contributed by atoms with Crippen LogP contribution >= 0.6 is 0 Å². The van der Waals surface area contributed by atoms with E-state index in [2.05, 4.69) is 4.98 Å². The van der Waals surface area contributed by atoms with Crippen LogP contribution in [0.5, 0.6) is 0 Å². The van der Waals surface area contributed by atoms with E-state index in [1.807, 2.05) is 24.3 Å². The number of carbonyl (C=O) groups is 1. The van der Waals surface area contributed by atoms with Gasteiger partial charge < -0.3 is 5.11 Å². The van der Waals surface area contributed by atoms with Gasteiger partial charge in [-0.3, -0.25) is 0 Å². The van der Waals surface area contributed by atoms with Crippen LogP contribution in [-0.4, -0.2) is 16.1 Å². The van der Waals surface area contributed by atoms with E-state index in [1.54, 1.807) is 6.07 Å². The maximum atomic E-state index is 11.1. The second-order valence-corrected chi connectivity index (χ2v) is 4.90. The molecular weight excluding hydrogens is 226 g/mol. The number of benzene rings is 1. The minimum Gasteiger partial charge on any atom is -0.477 e. The van der Waals surface area contributed by atoms with Gasteiger partial charge in [-0.15, -0.1) is 0 Å². The van der Waals surface area contributed by atoms with Crippen LogP contribution in [0.2, 0.25) is 0 Å². The highest BCUT2D eigenvalue weighted by atomic mass is 16.4. The van der Waals surface area contributed by atoms with Crippen molar-refractivity contribution in [3.8, 4) is 0 Å². The summed E-state index contributed by atoms with van der Waals surface area (Å²) in [6.07, 6.45) is 4.69. The monoisotopic (exact) mass is 241 g/mol. The third kappa shape index (κ3) is 1.86. The van der Waals surface area contributed by atoms with Crippen LogP contribution in [0.3, 0.4) is 0 Å². The molecule has 1 heterocycles. The van der Waals surface area contributed by atoms with Crippen LogP contribution in [0.25, 0.3) is 10.8 Å². The summed E-state index contributed by atoms with van der Waals surface area (Å²) in [6, 6.07) is 9.59. The predicted molar refractivity (Wildman–Crippen MR) is 69.9 cm³/mol. The third-order valence-electron chi connectivity index (χ3n) is 3.73. The lowest BCUT2D eigenvalue weighted by molar-refractivity contribution is 0.0690. The number of aromatic nitrogens is 1. The Labute approximate surface area is 105 Å². The Hall–Kier alpha value is -1.90. The number of nitrogens with zero attached hydrogens (tertiary/aromatic N) is 1. The summed E-state index contributed by atoms with van der Waals surface area (Å²) in [5, 5.41) is 11.2. The van der Waals surface area contributed by atoms with Gasteiger partial charge in [-0.2, -0.15) is 0 Å². The zero-order valence-electron chi connectivity index (χ0n) is 10.1. The summed E-state index contributed by atoms with van der Waals surface area (Å²) in [7, 11) is 0. The van der Waals surface area contributed by atoms with Crippen LogP contribution in [0.15, 0.2) is 30.3 Å². The number of fused-ring (bicyclic) bond motifs is 1. The van der Waals surface area contributed by atoms with E-state index in [1.165, 1.54) is 12.8 Å². The molecule has 92 valence electrons. The van der Waals surface area contributed by atoms with Crippen molar-refractivity contribution in [3.05, 3.63) is 41.7 Å². The first-order chi connectivity index (χ1) is 8.75. The van der Waals surface area contributed by atoms with E-state index in [-0.39, 0.29) is 5.69 Å². The van der Waals surface area contributed by atoms with E-state index in [0.29, 0.717) is 5.92 Å². The predicted octanol–water partition coefficient (Wildman–Crippen LogP) is 3.59. The van der Waals surface area contributed by atoms with Gasteiger partial charge in [0.05, 0.1) is 5.69 Å². The number of hydrogen-bond donors (Lipinski definition) is 1. The van der Waals surface area contributed by atoms with Gasteiger partial charge in [0.25, 0.3) is 0 Å². The lowest BCUT2D eigenvalue weighted by atomic mass is 9.97. The van der Waals surface area contributed by atoms with Gasteiger partial charge in [0.15, 0.2) is 0 Å². The van der Waals surface area contributed by atoms with Gasteiger partial charge in [-0.1, -0.05) is 37.1 Å². The summed E-state index contributed by atoms with van der Waals surface area (Å²) >= 11 is 0. The summed E-state index contributed by atoms with van der Waals surface area (Å²) < 4.78 is 0. The Bertz CT molecular complexity index is 600. The van der Waals surface area contributed by atoms with Crippen molar-refractivity contribution in [2.24, 2.45) is 0 Å². The average Bonchev–Trinajstić information content (AvgIpc) is 2.91. The van der Waals surface area contributed by atoms with Crippen LogP contribution in [0.1, 0.15) is 47.8 Å². The van der Waals surface area contributed by atoms with E-state index >= 15 is 0 Å². The van der Waals surface area contributed by atoms with Gasteiger partial charge in [-0.25, -0.2) is 9.78 Å². The average molecular weight is 241 g/mol. The molecule has 0 unspecified atom stereocenters. The molecule has 0 atom stereocenters. The molecule has 1 aromatic carbocycles. The Kier molecular flexibility index (Phi) is 2.74. The highest BCUT2D eigenvalue weighted by molar-refractivity contribution is 5.93. The molecule has 1 aliphatic rings. The zero-order chi connectivity index (χ0) is 12.5. The van der Waals surface area contributed by atoms with Crippen molar-refractivity contribution in [3.63, 3.8) is 0 Å². The number of aromatic carboxylic acids is 1. The fraction of sp³-hybridized carbons (Fsp3) is 0.333. The molecule has 1 aliphatic carbocycles. The molecule has 1 saturated carbocycles. The Morgan fingerprint density at radius 1 is 1.22 bits per heavy atom. The summed E-state index contributed by atoms with van der Waals surface area (Å²) in [5.74, 6) is -0.519. The number of pyridine rings is 1. The molecule has 1 N–H and O–H groups in total. The van der Waals surface area contributed by atoms with Crippen LogP contribution in [0, 0.1) is 0 Å². The summed E-state index contributed by atoms with van der Waals surface area (Å²) in [5.41, 5.74) is 1.14. The molecule has 0 amide bonds. The topological polar surface area (TPSA) is 50.2 Å². The number of carboxylic acids is 1. The lowest BCUT2D eigenvalue weighted by Gasteiger charge is -2.13. The van der Waals surface area contributed by atoms with Gasteiger partial charge in [-0.05, 0) is 24.3 Å². The minimum absolute atomic E-state index is 0.163. The lowest BCUT2D eigenvalue weighted by Crippen LogP contribution is -2.06. The SMILES string of the molecule is O=C(O)c1cc2ccccc2c(C2CCCC2)n1. The van der Waals surface area contributed by atoms with Gasteiger partial charge in [0, 0.05) is 11.3 Å². The quantitative estimate of drug-likeness (QED) is 0.874. The van der Waals surface area contributed by atoms with E-state index in [4.69, 9.17) is 5.11 Å². The molecule has 2 aromatic rings. The first kappa shape index (κ1) is 11.2. The maximum Gasteiger partial charge on any atom is 0.354 e. The zero-order valence-corrected chi connectivity index (χ0v) is 10.1. The molecular formula is C15H15NO2. The summed E-state index contributed by atoms with van der Waals surface area (Å²) in [6.45, 7) is 0. The maximum absolute atomic E-state index is 11.1. The van der Waals surface area contributed by atoms with Gasteiger partial charge in [0.1, 0.15) is 5.69 Å². The van der Waals surface area contributed by atoms with Crippen LogP contribution in [-0.2, 0) is 0 Å². The number of hydrogen-bond acceptors (Lipinski definition) is 2. The highest BCUT2D eigenvalue weighted by Gasteiger charge is 2.22. The summed E-state index contributed by atoms with van der Waals surface area (Å²) in [4.78, 5) is 15.5. The van der Waals surface area contributed by atoms with Crippen molar-refractivity contribution in [2.45, 2.75) is 31.6 Å². The largest absolute Gasteiger partial charge is 0.477 e. The fourth-order valence-electron chi connectivity index (χ4n) is 2.85. The molecule has 0 aliphatic heterocycles. The second kappa shape index (κ2) is 4.41. The molecule has 3 rings (SSSR count). The van der Waals surface area contributed by atoms with Crippen LogP contribution < -0.4 is 0 Å². The smallest absolute Gasteiger partial charge is 0.354 e. The van der Waals surface area contributed by atoms with Crippen LogP contribution in [0.4, 0.5) is 0 Å². The highest BCUT2D eigenvalue weighted by Crippen LogP contribution is 2.36. The molecule has 1 aromatic heterocycles. The first-order valence-electron chi connectivity index (χ1n) is 6.38. The minimum atomic E-state index is -0.944. The Morgan fingerprint density at radius 2 is 1.94 bits per heavy atom. The third-order valence-corrected chi connectivity index (χ3v) is 3.73. The van der Waals surface area contributed by atoms with Gasteiger partial charge >= 0.3 is 5.97 Å². The second-order valence-electron chi connectivity index (χ2n) is 4.90.